The summed E-state index contributed by atoms with van der Waals surface area (Å²) in [5.74, 6) is 1.86. The van der Waals surface area contributed by atoms with Crippen molar-refractivity contribution in [2.75, 3.05) is 44.2 Å². The lowest BCUT2D eigenvalue weighted by atomic mass is 9.63. The largest absolute Gasteiger partial charge is 0.369 e. The molecule has 2 saturated carbocycles. The van der Waals surface area contributed by atoms with Crippen LogP contribution < -0.4 is 4.90 Å². The van der Waals surface area contributed by atoms with Crippen molar-refractivity contribution < 1.29 is 14.0 Å². The van der Waals surface area contributed by atoms with Gasteiger partial charge in [0.2, 0.25) is 11.8 Å². The summed E-state index contributed by atoms with van der Waals surface area (Å²) in [6, 6.07) is 6.72. The van der Waals surface area contributed by atoms with Crippen molar-refractivity contribution in [3.8, 4) is 0 Å². The first-order valence-electron chi connectivity index (χ1n) is 11.9. The van der Waals surface area contributed by atoms with Crippen molar-refractivity contribution in [2.24, 2.45) is 35.5 Å². The van der Waals surface area contributed by atoms with E-state index in [1.54, 1.807) is 4.90 Å². The maximum Gasteiger partial charge on any atom is 0.233 e. The number of imide groups is 1. The first-order valence-corrected chi connectivity index (χ1v) is 11.9. The highest BCUT2D eigenvalue weighted by atomic mass is 35.5. The number of hydrogen-bond donors (Lipinski definition) is 0. The van der Waals surface area contributed by atoms with E-state index < -0.39 is 0 Å². The minimum atomic E-state index is -0.197. The predicted octanol–water partition coefficient (Wildman–Crippen LogP) is 3.20. The lowest BCUT2D eigenvalue weighted by molar-refractivity contribution is -0.140. The van der Waals surface area contributed by atoms with Gasteiger partial charge in [-0.05, 0) is 73.7 Å². The Bertz CT molecular complexity index is 878. The van der Waals surface area contributed by atoms with Gasteiger partial charge < -0.3 is 4.90 Å². The van der Waals surface area contributed by atoms with Gasteiger partial charge >= 0.3 is 0 Å². The number of rotatable bonds is 6. The number of amides is 2. The third-order valence-electron chi connectivity index (χ3n) is 8.42. The molecule has 2 saturated heterocycles. The number of hydrogen-bond acceptors (Lipinski definition) is 4. The van der Waals surface area contributed by atoms with Gasteiger partial charge in [0, 0.05) is 38.4 Å². The zero-order chi connectivity index (χ0) is 21.1. The van der Waals surface area contributed by atoms with E-state index in [0.717, 1.165) is 51.3 Å². The standard InChI is InChI=1S/C25H30FN3O2.ClH/c26-16-3-5-17(6-4-16)28-13-11-27(12-14-28)9-1-2-10-29-24(30)22-18-7-8-19(21-15-20(18)21)23(22)25(29)31;/h3-8,18-23H,1-2,9-15H2;1H. The highest BCUT2D eigenvalue weighted by molar-refractivity contribution is 6.06. The smallest absolute Gasteiger partial charge is 0.233 e. The van der Waals surface area contributed by atoms with Crippen molar-refractivity contribution in [2.45, 2.75) is 19.3 Å². The summed E-state index contributed by atoms with van der Waals surface area (Å²) in [6.07, 6.45) is 7.56. The van der Waals surface area contributed by atoms with Crippen LogP contribution in [0.4, 0.5) is 10.1 Å². The molecule has 6 atom stereocenters. The van der Waals surface area contributed by atoms with Crippen LogP contribution in [-0.2, 0) is 9.59 Å². The minimum absolute atomic E-state index is 0. The zero-order valence-corrected chi connectivity index (χ0v) is 19.1. The van der Waals surface area contributed by atoms with Gasteiger partial charge in [-0.15, -0.1) is 12.4 Å². The quantitative estimate of drug-likeness (QED) is 0.372. The highest BCUT2D eigenvalue weighted by Crippen LogP contribution is 2.65. The summed E-state index contributed by atoms with van der Waals surface area (Å²) in [5, 5.41) is 0. The van der Waals surface area contributed by atoms with Crippen LogP contribution in [-0.4, -0.2) is 60.9 Å². The summed E-state index contributed by atoms with van der Waals surface area (Å²) >= 11 is 0. The molecule has 7 rings (SSSR count). The van der Waals surface area contributed by atoms with Crippen LogP contribution >= 0.6 is 12.4 Å². The summed E-state index contributed by atoms with van der Waals surface area (Å²) in [7, 11) is 0. The fourth-order valence-corrected chi connectivity index (χ4v) is 6.73. The van der Waals surface area contributed by atoms with E-state index in [2.05, 4.69) is 22.0 Å². The molecule has 6 unspecified atom stereocenters. The topological polar surface area (TPSA) is 43.9 Å². The molecule has 32 heavy (non-hydrogen) atoms. The molecule has 0 radical (unpaired) electrons. The second kappa shape index (κ2) is 8.45. The lowest BCUT2D eigenvalue weighted by Gasteiger charge is -2.37. The van der Waals surface area contributed by atoms with E-state index in [0.29, 0.717) is 30.2 Å². The van der Waals surface area contributed by atoms with Gasteiger partial charge in [-0.25, -0.2) is 4.39 Å². The second-order valence-corrected chi connectivity index (χ2v) is 9.99. The average Bonchev–Trinajstić information content (AvgIpc) is 3.57. The van der Waals surface area contributed by atoms with E-state index in [1.807, 2.05) is 12.1 Å². The lowest BCUT2D eigenvalue weighted by Crippen LogP contribution is -2.46. The first kappa shape index (κ1) is 21.9. The average molecular weight is 460 g/mol. The number of benzene rings is 1. The first-order chi connectivity index (χ1) is 15.1. The van der Waals surface area contributed by atoms with E-state index in [1.165, 1.54) is 18.6 Å². The van der Waals surface area contributed by atoms with Crippen LogP contribution in [0.25, 0.3) is 0 Å². The van der Waals surface area contributed by atoms with Crippen LogP contribution in [0.2, 0.25) is 0 Å². The summed E-state index contributed by atoms with van der Waals surface area (Å²) < 4.78 is 13.1. The van der Waals surface area contributed by atoms with E-state index in [9.17, 15) is 14.0 Å². The Balaban J connectivity index is 0.00000216. The summed E-state index contributed by atoms with van der Waals surface area (Å²) in [4.78, 5) is 32.4. The Labute approximate surface area is 195 Å². The zero-order valence-electron chi connectivity index (χ0n) is 18.2. The number of nitrogens with zero attached hydrogens (tertiary/aromatic N) is 3. The molecule has 1 aromatic carbocycles. The van der Waals surface area contributed by atoms with Crippen LogP contribution in [0.1, 0.15) is 19.3 Å². The normalized spacial score (nSPS) is 35.0. The Hall–Kier alpha value is -1.92. The minimum Gasteiger partial charge on any atom is -0.369 e. The molecule has 7 heteroatoms. The van der Waals surface area contributed by atoms with Crippen LogP contribution in [0.3, 0.4) is 0 Å². The molecule has 1 aromatic rings. The van der Waals surface area contributed by atoms with E-state index in [-0.39, 0.29) is 41.9 Å². The van der Waals surface area contributed by atoms with E-state index in [4.69, 9.17) is 0 Å². The molecule has 2 aliphatic heterocycles. The molecule has 2 heterocycles. The molecule has 2 amide bonds. The van der Waals surface area contributed by atoms with Gasteiger partial charge in [0.1, 0.15) is 5.82 Å². The Kier molecular flexibility index (Phi) is 5.79. The van der Waals surface area contributed by atoms with Gasteiger partial charge in [0.25, 0.3) is 0 Å². The summed E-state index contributed by atoms with van der Waals surface area (Å²) in [5.41, 5.74) is 1.08. The molecule has 0 aromatic heterocycles. The monoisotopic (exact) mass is 459 g/mol. The molecule has 4 aliphatic carbocycles. The molecular weight excluding hydrogens is 429 g/mol. The number of anilines is 1. The van der Waals surface area contributed by atoms with Crippen molar-refractivity contribution >= 4 is 29.9 Å². The third-order valence-corrected chi connectivity index (χ3v) is 8.42. The number of carbonyl (C=O) groups excluding carboxylic acids is 2. The van der Waals surface area contributed by atoms with Gasteiger partial charge in [0.05, 0.1) is 11.8 Å². The number of piperazine rings is 1. The van der Waals surface area contributed by atoms with Crippen molar-refractivity contribution in [1.82, 2.24) is 9.80 Å². The van der Waals surface area contributed by atoms with Crippen LogP contribution in [0, 0.1) is 41.3 Å². The molecule has 2 bridgehead atoms. The molecule has 0 N–H and O–H groups in total. The Morgan fingerprint density at radius 1 is 0.812 bits per heavy atom. The number of halogens is 2. The Morgan fingerprint density at radius 2 is 1.38 bits per heavy atom. The fourth-order valence-electron chi connectivity index (χ4n) is 6.73. The van der Waals surface area contributed by atoms with Gasteiger partial charge in [-0.3, -0.25) is 19.4 Å². The maximum atomic E-state index is 13.1. The number of carbonyl (C=O) groups is 2. The number of unbranched alkanes of at least 4 members (excludes halogenated alkanes) is 1. The number of likely N-dealkylation sites (tertiary alicyclic amines) is 1. The SMILES string of the molecule is Cl.O=C1C2C3C=CC(C4CC34)C2C(=O)N1CCCCN1CCN(c2ccc(F)cc2)CC1. The fraction of sp³-hybridized carbons (Fsp3) is 0.600. The van der Waals surface area contributed by atoms with E-state index >= 15 is 0 Å². The predicted molar refractivity (Wildman–Crippen MR) is 123 cm³/mol. The van der Waals surface area contributed by atoms with Gasteiger partial charge in [-0.1, -0.05) is 12.2 Å². The maximum absolute atomic E-state index is 13.1. The molecule has 0 spiro atoms. The summed E-state index contributed by atoms with van der Waals surface area (Å²) in [6.45, 7) is 5.43. The molecule has 5 nitrogen and oxygen atoms in total. The highest BCUT2D eigenvalue weighted by Gasteiger charge is 2.66. The van der Waals surface area contributed by atoms with Crippen molar-refractivity contribution in [1.29, 1.82) is 0 Å². The third kappa shape index (κ3) is 3.56. The Morgan fingerprint density at radius 3 is 1.97 bits per heavy atom. The molecule has 172 valence electrons. The molecular formula is C25H31ClFN3O2. The second-order valence-electron chi connectivity index (χ2n) is 9.99. The van der Waals surface area contributed by atoms with Crippen molar-refractivity contribution in [3.63, 3.8) is 0 Å². The van der Waals surface area contributed by atoms with Crippen LogP contribution in [0.15, 0.2) is 36.4 Å². The van der Waals surface area contributed by atoms with Crippen molar-refractivity contribution in [3.05, 3.63) is 42.2 Å². The van der Waals surface area contributed by atoms with Crippen LogP contribution in [0.5, 0.6) is 0 Å². The molecule has 4 fully saturated rings. The van der Waals surface area contributed by atoms with Gasteiger partial charge in [0.15, 0.2) is 0 Å². The van der Waals surface area contributed by atoms with Gasteiger partial charge in [-0.2, -0.15) is 0 Å². The molecule has 6 aliphatic rings. The number of allylic oxidation sites excluding steroid dienone is 2.